The van der Waals surface area contributed by atoms with Crippen LogP contribution in [0.15, 0.2) is 72.7 Å². The van der Waals surface area contributed by atoms with E-state index in [1.807, 2.05) is 12.1 Å². The minimum atomic E-state index is -0.741. The highest BCUT2D eigenvalue weighted by molar-refractivity contribution is 6.46. The summed E-state index contributed by atoms with van der Waals surface area (Å²) < 4.78 is 5.53. The van der Waals surface area contributed by atoms with Crippen molar-refractivity contribution in [2.24, 2.45) is 0 Å². The van der Waals surface area contributed by atoms with E-state index in [-0.39, 0.29) is 17.9 Å². The molecule has 31 heavy (non-hydrogen) atoms. The zero-order chi connectivity index (χ0) is 21.4. The van der Waals surface area contributed by atoms with Crippen LogP contribution in [0, 0.1) is 0 Å². The average Bonchev–Trinajstić information content (AvgIpc) is 3.38. The summed E-state index contributed by atoms with van der Waals surface area (Å²) in [4.78, 5) is 35.8. The zero-order valence-corrected chi connectivity index (χ0v) is 16.6. The van der Waals surface area contributed by atoms with Gasteiger partial charge >= 0.3 is 0 Å². The van der Waals surface area contributed by atoms with Crippen LogP contribution >= 0.6 is 0 Å². The number of carbonyl (C=O) groups is 2. The van der Waals surface area contributed by atoms with Gasteiger partial charge in [-0.2, -0.15) is 0 Å². The number of rotatable bonds is 4. The molecule has 0 aliphatic carbocycles. The number of hydrogen-bond donors (Lipinski definition) is 1. The molecule has 1 fully saturated rings. The molecule has 1 atom stereocenters. The molecule has 7 heteroatoms. The highest BCUT2D eigenvalue weighted by Crippen LogP contribution is 2.40. The van der Waals surface area contributed by atoms with E-state index in [4.69, 9.17) is 4.74 Å². The summed E-state index contributed by atoms with van der Waals surface area (Å²) in [5, 5.41) is 11.2. The molecule has 1 amide bonds. The van der Waals surface area contributed by atoms with Gasteiger partial charge in [0, 0.05) is 30.6 Å². The van der Waals surface area contributed by atoms with E-state index >= 15 is 0 Å². The Balaban J connectivity index is 1.63. The number of hydrogen-bond acceptors (Lipinski definition) is 6. The number of pyridine rings is 2. The van der Waals surface area contributed by atoms with Crippen LogP contribution in [0.1, 0.15) is 28.4 Å². The van der Waals surface area contributed by atoms with Crippen LogP contribution < -0.4 is 4.74 Å². The van der Waals surface area contributed by atoms with Crippen LogP contribution in [0.2, 0.25) is 0 Å². The number of ether oxygens (including phenoxy) is 1. The molecule has 1 unspecified atom stereocenters. The number of fused-ring (bicyclic) bond motifs is 1. The van der Waals surface area contributed by atoms with E-state index in [0.717, 1.165) is 17.7 Å². The van der Waals surface area contributed by atoms with Gasteiger partial charge in [-0.3, -0.25) is 19.6 Å². The number of Topliss-reactive ketones (excluding diaryl/α,β-unsaturated/α-hetero) is 1. The standard InChI is InChI=1S/C24H19N3O4/c28-22(17-4-5-19-16(13-17)8-12-31-19)20-21(15-6-10-25-11-7-15)27(24(30)23(20)29)14-18-3-1-2-9-26-18/h1-7,9-11,13,21,28H,8,12,14H2/b22-20-. The van der Waals surface area contributed by atoms with Gasteiger partial charge in [0.05, 0.1) is 30.5 Å². The molecule has 5 rings (SSSR count). The maximum Gasteiger partial charge on any atom is 0.296 e. The number of aromatic nitrogens is 2. The molecule has 7 nitrogen and oxygen atoms in total. The molecule has 154 valence electrons. The van der Waals surface area contributed by atoms with Crippen LogP contribution in [-0.4, -0.2) is 38.3 Å². The number of aliphatic hydroxyl groups is 1. The second-order valence-electron chi connectivity index (χ2n) is 7.45. The Bertz CT molecular complexity index is 1190. The normalized spacial score (nSPS) is 19.4. The molecule has 1 aromatic carbocycles. The third kappa shape index (κ3) is 3.34. The van der Waals surface area contributed by atoms with Gasteiger partial charge in [-0.25, -0.2) is 0 Å². The topological polar surface area (TPSA) is 92.6 Å². The van der Waals surface area contributed by atoms with Gasteiger partial charge in [-0.1, -0.05) is 6.07 Å². The summed E-state index contributed by atoms with van der Waals surface area (Å²) in [6.45, 7) is 0.734. The molecule has 0 bridgehead atoms. The first-order valence-electron chi connectivity index (χ1n) is 9.98. The number of aliphatic hydroxyl groups excluding tert-OH is 1. The molecule has 0 spiro atoms. The van der Waals surface area contributed by atoms with Gasteiger partial charge < -0.3 is 14.7 Å². The summed E-state index contributed by atoms with van der Waals surface area (Å²) >= 11 is 0. The Morgan fingerprint density at radius 1 is 1.10 bits per heavy atom. The Hall–Kier alpha value is -4.00. The fourth-order valence-electron chi connectivity index (χ4n) is 4.09. The summed E-state index contributed by atoms with van der Waals surface area (Å²) in [6, 6.07) is 13.4. The number of amides is 1. The van der Waals surface area contributed by atoms with Crippen molar-refractivity contribution in [2.75, 3.05) is 6.61 Å². The summed E-state index contributed by atoms with van der Waals surface area (Å²) in [5.74, 6) is -0.804. The van der Waals surface area contributed by atoms with Crippen molar-refractivity contribution in [1.82, 2.24) is 14.9 Å². The highest BCUT2D eigenvalue weighted by atomic mass is 16.5. The van der Waals surface area contributed by atoms with Gasteiger partial charge in [0.25, 0.3) is 11.7 Å². The van der Waals surface area contributed by atoms with Crippen molar-refractivity contribution < 1.29 is 19.4 Å². The van der Waals surface area contributed by atoms with Crippen molar-refractivity contribution in [3.05, 3.63) is 95.1 Å². The Morgan fingerprint density at radius 3 is 2.71 bits per heavy atom. The SMILES string of the molecule is O=C1C(=O)N(Cc2ccccn2)C(c2ccncc2)/C1=C(/O)c1ccc2c(c1)CCO2. The number of benzene rings is 1. The first kappa shape index (κ1) is 19.0. The highest BCUT2D eigenvalue weighted by Gasteiger charge is 2.46. The molecule has 2 aromatic heterocycles. The van der Waals surface area contributed by atoms with Gasteiger partial charge in [0.1, 0.15) is 11.5 Å². The number of nitrogens with zero attached hydrogens (tertiary/aromatic N) is 3. The Labute approximate surface area is 178 Å². The third-order valence-electron chi connectivity index (χ3n) is 5.58. The molecular weight excluding hydrogens is 394 g/mol. The maximum atomic E-state index is 13.1. The van der Waals surface area contributed by atoms with Crippen LogP contribution in [0.5, 0.6) is 5.75 Å². The van der Waals surface area contributed by atoms with Crippen LogP contribution in [-0.2, 0) is 22.6 Å². The lowest BCUT2D eigenvalue weighted by molar-refractivity contribution is -0.140. The fraction of sp³-hybridized carbons (Fsp3) is 0.167. The van der Waals surface area contributed by atoms with Crippen LogP contribution in [0.25, 0.3) is 5.76 Å². The lowest BCUT2D eigenvalue weighted by Crippen LogP contribution is -2.29. The summed E-state index contributed by atoms with van der Waals surface area (Å²) in [5.41, 5.74) is 2.85. The van der Waals surface area contributed by atoms with Crippen molar-refractivity contribution in [3.8, 4) is 5.75 Å². The summed E-state index contributed by atoms with van der Waals surface area (Å²) in [6.07, 6.45) is 5.57. The lowest BCUT2D eigenvalue weighted by Gasteiger charge is -2.25. The smallest absolute Gasteiger partial charge is 0.296 e. The van der Waals surface area contributed by atoms with Crippen LogP contribution in [0.4, 0.5) is 0 Å². The van der Waals surface area contributed by atoms with Gasteiger partial charge in [0.2, 0.25) is 0 Å². The quantitative estimate of drug-likeness (QED) is 0.402. The number of ketones is 1. The second kappa shape index (κ2) is 7.68. The molecule has 3 aromatic rings. The maximum absolute atomic E-state index is 13.1. The van der Waals surface area contributed by atoms with Crippen molar-refractivity contribution in [2.45, 2.75) is 19.0 Å². The van der Waals surface area contributed by atoms with E-state index < -0.39 is 17.7 Å². The number of likely N-dealkylation sites (tertiary alicyclic amines) is 1. The molecule has 1 N–H and O–H groups in total. The van der Waals surface area contributed by atoms with Gasteiger partial charge in [-0.15, -0.1) is 0 Å². The molecule has 0 radical (unpaired) electrons. The molecule has 2 aliphatic rings. The van der Waals surface area contributed by atoms with E-state index in [2.05, 4.69) is 9.97 Å². The van der Waals surface area contributed by atoms with Crippen molar-refractivity contribution >= 4 is 17.4 Å². The van der Waals surface area contributed by atoms with E-state index in [1.165, 1.54) is 4.90 Å². The monoisotopic (exact) mass is 413 g/mol. The fourth-order valence-corrected chi connectivity index (χ4v) is 4.09. The number of carbonyl (C=O) groups excluding carboxylic acids is 2. The van der Waals surface area contributed by atoms with Crippen molar-refractivity contribution in [3.63, 3.8) is 0 Å². The van der Waals surface area contributed by atoms with E-state index in [9.17, 15) is 14.7 Å². The molecule has 2 aliphatic heterocycles. The summed E-state index contributed by atoms with van der Waals surface area (Å²) in [7, 11) is 0. The van der Waals surface area contributed by atoms with Gasteiger partial charge in [0.15, 0.2) is 0 Å². The average molecular weight is 413 g/mol. The predicted molar refractivity (Wildman–Crippen MR) is 112 cm³/mol. The van der Waals surface area contributed by atoms with Crippen LogP contribution in [0.3, 0.4) is 0 Å². The van der Waals surface area contributed by atoms with E-state index in [0.29, 0.717) is 23.4 Å². The van der Waals surface area contributed by atoms with Gasteiger partial charge in [-0.05, 0) is 53.6 Å². The minimum absolute atomic E-state index is 0.0611. The predicted octanol–water partition coefficient (Wildman–Crippen LogP) is 3.03. The molecule has 1 saturated heterocycles. The van der Waals surface area contributed by atoms with E-state index in [1.54, 1.807) is 55.0 Å². The molecular formula is C24H19N3O4. The second-order valence-corrected chi connectivity index (χ2v) is 7.45. The molecule has 0 saturated carbocycles. The Morgan fingerprint density at radius 2 is 1.94 bits per heavy atom. The minimum Gasteiger partial charge on any atom is -0.507 e. The lowest BCUT2D eigenvalue weighted by atomic mass is 9.95. The first-order chi connectivity index (χ1) is 15.1. The zero-order valence-electron chi connectivity index (χ0n) is 16.6. The molecule has 4 heterocycles. The Kier molecular flexibility index (Phi) is 4.71. The first-order valence-corrected chi connectivity index (χ1v) is 9.98. The third-order valence-corrected chi connectivity index (χ3v) is 5.58. The largest absolute Gasteiger partial charge is 0.507 e. The van der Waals surface area contributed by atoms with Crippen molar-refractivity contribution in [1.29, 1.82) is 0 Å².